The van der Waals surface area contributed by atoms with Crippen LogP contribution < -0.4 is 19.7 Å². The third kappa shape index (κ3) is 4.41. The van der Waals surface area contributed by atoms with Crippen molar-refractivity contribution < 1.29 is 23.6 Å². The smallest absolute Gasteiger partial charge is 0.292 e. The van der Waals surface area contributed by atoms with Gasteiger partial charge in [0.05, 0.1) is 26.8 Å². The number of nitrogens with zero attached hydrogens (tertiary/aromatic N) is 2. The number of methoxy groups -OCH3 is 2. The fourth-order valence-corrected chi connectivity index (χ4v) is 2.77. The van der Waals surface area contributed by atoms with Crippen molar-refractivity contribution in [2.24, 2.45) is 0 Å². The minimum Gasteiger partial charge on any atom is -0.497 e. The van der Waals surface area contributed by atoms with E-state index in [1.54, 1.807) is 31.0 Å². The molecular formula is C17H23N4O4S+. The zero-order valence-electron chi connectivity index (χ0n) is 15.1. The molecule has 3 rings (SSSR count). The lowest BCUT2D eigenvalue weighted by Gasteiger charge is -2.12. The molecule has 1 aromatic carbocycles. The summed E-state index contributed by atoms with van der Waals surface area (Å²) >= 11 is 5.27. The van der Waals surface area contributed by atoms with Gasteiger partial charge in [-0.1, -0.05) is 0 Å². The maximum absolute atomic E-state index is 11.9. The van der Waals surface area contributed by atoms with Crippen LogP contribution in [-0.2, 0) is 11.5 Å². The Hall–Kier alpha value is -2.39. The summed E-state index contributed by atoms with van der Waals surface area (Å²) in [5, 5.41) is 7.41. The third-order valence-corrected chi connectivity index (χ3v) is 4.36. The molecule has 1 aromatic heterocycles. The number of aromatic nitrogens is 2. The number of carbonyl (C=O) groups is 1. The summed E-state index contributed by atoms with van der Waals surface area (Å²) in [5.74, 6) is 1.66. The number of hydrogen-bond donors (Lipinski definition) is 2. The van der Waals surface area contributed by atoms with Gasteiger partial charge >= 0.3 is 0 Å². The summed E-state index contributed by atoms with van der Waals surface area (Å²) in [7, 11) is 5.07. The van der Waals surface area contributed by atoms with E-state index >= 15 is 0 Å². The molecule has 1 unspecified atom stereocenters. The van der Waals surface area contributed by atoms with Gasteiger partial charge in [-0.3, -0.25) is 4.79 Å². The second-order valence-corrected chi connectivity index (χ2v) is 6.72. The summed E-state index contributed by atoms with van der Waals surface area (Å²) in [6, 6.07) is 5.72. The number of amides is 1. The van der Waals surface area contributed by atoms with Crippen molar-refractivity contribution in [1.29, 1.82) is 0 Å². The second kappa shape index (κ2) is 7.88. The van der Waals surface area contributed by atoms with Gasteiger partial charge in [0.15, 0.2) is 13.2 Å². The normalized spacial score (nSPS) is 14.7. The molecule has 1 heterocycles. The number of ether oxygens (including phenoxy) is 2. The SMILES string of the molecule is COc1ccc(-c2nn(C[NH+](C)CC(=O)NC3CC3)c(=S)o2)c(OC)c1. The van der Waals surface area contributed by atoms with E-state index in [9.17, 15) is 4.79 Å². The van der Waals surface area contributed by atoms with Crippen molar-refractivity contribution in [3.05, 3.63) is 23.0 Å². The summed E-state index contributed by atoms with van der Waals surface area (Å²) in [6.45, 7) is 0.783. The molecule has 8 nitrogen and oxygen atoms in total. The molecule has 1 saturated carbocycles. The molecule has 1 amide bonds. The van der Waals surface area contributed by atoms with E-state index in [2.05, 4.69) is 10.4 Å². The zero-order valence-corrected chi connectivity index (χ0v) is 15.9. The summed E-state index contributed by atoms with van der Waals surface area (Å²) in [5.41, 5.74) is 0.683. The van der Waals surface area contributed by atoms with E-state index in [0.717, 1.165) is 17.7 Å². The van der Waals surface area contributed by atoms with Crippen molar-refractivity contribution in [3.63, 3.8) is 0 Å². The van der Waals surface area contributed by atoms with Gasteiger partial charge in [-0.05, 0) is 37.2 Å². The van der Waals surface area contributed by atoms with Gasteiger partial charge in [0, 0.05) is 12.1 Å². The molecule has 2 N–H and O–H groups in total. The van der Waals surface area contributed by atoms with Crippen molar-refractivity contribution in [3.8, 4) is 23.0 Å². The monoisotopic (exact) mass is 379 g/mol. The van der Waals surface area contributed by atoms with Crippen LogP contribution in [0.1, 0.15) is 12.8 Å². The molecule has 9 heteroatoms. The van der Waals surface area contributed by atoms with Crippen LogP contribution in [0, 0.1) is 4.84 Å². The first-order valence-corrected chi connectivity index (χ1v) is 8.82. The highest BCUT2D eigenvalue weighted by atomic mass is 32.1. The lowest BCUT2D eigenvalue weighted by Crippen LogP contribution is -3.09. The number of quaternary nitrogens is 1. The van der Waals surface area contributed by atoms with Crippen LogP contribution in [0.4, 0.5) is 0 Å². The highest BCUT2D eigenvalue weighted by molar-refractivity contribution is 7.71. The Morgan fingerprint density at radius 3 is 2.85 bits per heavy atom. The predicted octanol–water partition coefficient (Wildman–Crippen LogP) is 0.641. The van der Waals surface area contributed by atoms with Gasteiger partial charge < -0.3 is 24.1 Å². The molecular weight excluding hydrogens is 356 g/mol. The maximum atomic E-state index is 11.9. The Morgan fingerprint density at radius 1 is 1.42 bits per heavy atom. The van der Waals surface area contributed by atoms with Gasteiger partial charge in [0.2, 0.25) is 0 Å². The van der Waals surface area contributed by atoms with Crippen LogP contribution >= 0.6 is 12.2 Å². The van der Waals surface area contributed by atoms with E-state index in [1.165, 1.54) is 0 Å². The quantitative estimate of drug-likeness (QED) is 0.655. The predicted molar refractivity (Wildman–Crippen MR) is 96.8 cm³/mol. The zero-order chi connectivity index (χ0) is 18.7. The number of rotatable bonds is 8. The molecule has 1 aliphatic rings. The standard InChI is InChI=1S/C17H22N4O4S/c1-20(9-15(22)18-11-4-5-11)10-21-17(26)25-16(19-21)13-7-6-12(23-2)8-14(13)24-3/h6-8,11H,4-5,9-10H2,1-3H3,(H,18,22)/p+1. The molecule has 1 fully saturated rings. The molecule has 0 bridgehead atoms. The first-order chi connectivity index (χ1) is 12.5. The molecule has 140 valence electrons. The Bertz CT molecular complexity index is 844. The molecule has 26 heavy (non-hydrogen) atoms. The third-order valence-electron chi connectivity index (χ3n) is 4.07. The number of likely N-dealkylation sites (N-methyl/N-ethyl adjacent to an activating group) is 1. The molecule has 2 aromatic rings. The highest BCUT2D eigenvalue weighted by Crippen LogP contribution is 2.32. The van der Waals surface area contributed by atoms with Crippen LogP contribution in [0.2, 0.25) is 0 Å². The summed E-state index contributed by atoms with van der Waals surface area (Å²) < 4.78 is 17.8. The Morgan fingerprint density at radius 2 is 2.19 bits per heavy atom. The van der Waals surface area contributed by atoms with E-state index in [1.807, 2.05) is 13.1 Å². The summed E-state index contributed by atoms with van der Waals surface area (Å²) in [4.78, 5) is 13.1. The van der Waals surface area contributed by atoms with Crippen molar-refractivity contribution in [2.45, 2.75) is 25.6 Å². The van der Waals surface area contributed by atoms with Crippen molar-refractivity contribution in [2.75, 3.05) is 27.8 Å². The largest absolute Gasteiger partial charge is 0.497 e. The van der Waals surface area contributed by atoms with Crippen molar-refractivity contribution in [1.82, 2.24) is 15.1 Å². The second-order valence-electron chi connectivity index (χ2n) is 6.37. The molecule has 0 spiro atoms. The Labute approximate surface area is 156 Å². The summed E-state index contributed by atoms with van der Waals surface area (Å²) in [6.07, 6.45) is 2.15. The minimum atomic E-state index is 0.0389. The van der Waals surface area contributed by atoms with E-state index in [0.29, 0.717) is 42.2 Å². The van der Waals surface area contributed by atoms with Gasteiger partial charge in [0.1, 0.15) is 11.5 Å². The van der Waals surface area contributed by atoms with E-state index < -0.39 is 0 Å². The average molecular weight is 379 g/mol. The van der Waals surface area contributed by atoms with Gasteiger partial charge in [-0.25, -0.2) is 0 Å². The number of carbonyl (C=O) groups excluding carboxylic acids is 1. The fourth-order valence-electron chi connectivity index (χ4n) is 2.58. The first-order valence-electron chi connectivity index (χ1n) is 8.41. The van der Waals surface area contributed by atoms with Crippen LogP contribution in [0.3, 0.4) is 0 Å². The maximum Gasteiger partial charge on any atom is 0.292 e. The van der Waals surface area contributed by atoms with E-state index in [-0.39, 0.29) is 10.7 Å². The number of nitrogens with one attached hydrogen (secondary N) is 2. The number of benzene rings is 1. The lowest BCUT2D eigenvalue weighted by atomic mass is 10.2. The fraction of sp³-hybridized carbons (Fsp3) is 0.471. The lowest BCUT2D eigenvalue weighted by molar-refractivity contribution is -0.895. The van der Waals surface area contributed by atoms with Crippen LogP contribution in [0.5, 0.6) is 11.5 Å². The average Bonchev–Trinajstić information content (AvgIpc) is 3.36. The first kappa shape index (κ1) is 18.4. The van der Waals surface area contributed by atoms with Gasteiger partial charge in [-0.2, -0.15) is 4.68 Å². The Kier molecular flexibility index (Phi) is 5.58. The minimum absolute atomic E-state index is 0.0389. The van der Waals surface area contributed by atoms with Gasteiger partial charge in [0.25, 0.3) is 16.6 Å². The molecule has 1 atom stereocenters. The Balaban J connectivity index is 1.72. The molecule has 0 aliphatic heterocycles. The number of hydrogen-bond acceptors (Lipinski definition) is 6. The highest BCUT2D eigenvalue weighted by Gasteiger charge is 2.25. The van der Waals surface area contributed by atoms with E-state index in [4.69, 9.17) is 26.1 Å². The molecule has 0 saturated heterocycles. The van der Waals surface area contributed by atoms with Crippen LogP contribution in [-0.4, -0.2) is 49.5 Å². The van der Waals surface area contributed by atoms with Crippen LogP contribution in [0.25, 0.3) is 11.5 Å². The molecule has 0 radical (unpaired) electrons. The topological polar surface area (TPSA) is 83.0 Å². The van der Waals surface area contributed by atoms with Crippen molar-refractivity contribution >= 4 is 18.1 Å². The molecule has 1 aliphatic carbocycles. The van der Waals surface area contributed by atoms with Gasteiger partial charge in [-0.15, -0.1) is 5.10 Å². The van der Waals surface area contributed by atoms with Crippen LogP contribution in [0.15, 0.2) is 22.6 Å².